The Hall–Kier alpha value is -2.03. The summed E-state index contributed by atoms with van der Waals surface area (Å²) in [5, 5.41) is 3.00. The third-order valence-corrected chi connectivity index (χ3v) is 2.98. The van der Waals surface area contributed by atoms with Crippen LogP contribution in [-0.4, -0.2) is 11.9 Å². The van der Waals surface area contributed by atoms with Crippen LogP contribution in [0.15, 0.2) is 42.5 Å². The highest BCUT2D eigenvalue weighted by Gasteiger charge is 2.10. The summed E-state index contributed by atoms with van der Waals surface area (Å²) in [7, 11) is 0. The van der Waals surface area contributed by atoms with Crippen molar-refractivity contribution in [2.75, 3.05) is 5.73 Å². The number of anilines is 1. The third-order valence-electron chi connectivity index (χ3n) is 2.98. The number of carbonyl (C=O) groups excluding carboxylic acids is 1. The number of hydrogen-bond acceptors (Lipinski definition) is 2. The summed E-state index contributed by atoms with van der Waals surface area (Å²) in [4.78, 5) is 11.7. The molecular weight excluding hydrogens is 224 g/mol. The van der Waals surface area contributed by atoms with Gasteiger partial charge in [0.2, 0.25) is 5.91 Å². The van der Waals surface area contributed by atoms with Crippen LogP contribution in [0.4, 0.5) is 5.69 Å². The van der Waals surface area contributed by atoms with Crippen molar-refractivity contribution in [2.45, 2.75) is 25.3 Å². The number of allylic oxidation sites excluding steroid dienone is 1. The Morgan fingerprint density at radius 2 is 2.06 bits per heavy atom. The van der Waals surface area contributed by atoms with Crippen molar-refractivity contribution in [3.05, 3.63) is 48.1 Å². The molecule has 3 nitrogen and oxygen atoms in total. The lowest BCUT2D eigenvalue weighted by atomic mass is 10.0. The molecule has 0 saturated carbocycles. The number of carbonyl (C=O) groups is 1. The van der Waals surface area contributed by atoms with Gasteiger partial charge in [0.1, 0.15) is 0 Å². The number of nitrogen functional groups attached to an aromatic ring is 1. The molecule has 0 aliphatic heterocycles. The van der Waals surface area contributed by atoms with Crippen LogP contribution < -0.4 is 11.1 Å². The molecule has 3 heteroatoms. The standard InChI is InChI=1S/C15H18N2O/c16-13-9-6-12(7-10-13)8-11-15(18)17-14-4-2-1-3-5-14/h1-2,6-11,14H,3-5,16H2,(H,17,18)/b11-8+. The van der Waals surface area contributed by atoms with Crippen molar-refractivity contribution >= 4 is 17.7 Å². The van der Waals surface area contributed by atoms with Crippen molar-refractivity contribution in [1.29, 1.82) is 0 Å². The van der Waals surface area contributed by atoms with Crippen molar-refractivity contribution in [1.82, 2.24) is 5.32 Å². The predicted octanol–water partition coefficient (Wildman–Crippen LogP) is 2.51. The second-order valence-electron chi connectivity index (χ2n) is 4.49. The number of rotatable bonds is 3. The number of nitrogens with one attached hydrogen (secondary N) is 1. The van der Waals surface area contributed by atoms with E-state index in [0.717, 1.165) is 30.5 Å². The third kappa shape index (κ3) is 3.77. The average Bonchev–Trinajstić information content (AvgIpc) is 2.39. The van der Waals surface area contributed by atoms with Crippen molar-refractivity contribution in [3.8, 4) is 0 Å². The molecule has 0 saturated heterocycles. The quantitative estimate of drug-likeness (QED) is 0.486. The maximum Gasteiger partial charge on any atom is 0.244 e. The van der Waals surface area contributed by atoms with Gasteiger partial charge in [-0.1, -0.05) is 24.3 Å². The molecule has 2 rings (SSSR count). The van der Waals surface area contributed by atoms with E-state index in [2.05, 4.69) is 17.5 Å². The maximum absolute atomic E-state index is 11.7. The summed E-state index contributed by atoms with van der Waals surface area (Å²) in [6, 6.07) is 7.70. The Labute approximate surface area is 107 Å². The second-order valence-corrected chi connectivity index (χ2v) is 4.49. The molecule has 0 fully saturated rings. The van der Waals surface area contributed by atoms with Gasteiger partial charge in [-0.05, 0) is 43.0 Å². The van der Waals surface area contributed by atoms with E-state index in [1.54, 1.807) is 12.2 Å². The van der Waals surface area contributed by atoms with Crippen molar-refractivity contribution < 1.29 is 4.79 Å². The first-order valence-corrected chi connectivity index (χ1v) is 6.23. The molecule has 0 heterocycles. The van der Waals surface area contributed by atoms with E-state index in [4.69, 9.17) is 5.73 Å². The summed E-state index contributed by atoms with van der Waals surface area (Å²) < 4.78 is 0. The van der Waals surface area contributed by atoms with Gasteiger partial charge in [-0.25, -0.2) is 0 Å². The highest BCUT2D eigenvalue weighted by Crippen LogP contribution is 2.11. The van der Waals surface area contributed by atoms with Crippen LogP contribution in [0, 0.1) is 0 Å². The molecule has 1 aliphatic rings. The minimum absolute atomic E-state index is 0.0351. The normalized spacial score (nSPS) is 19.0. The lowest BCUT2D eigenvalue weighted by molar-refractivity contribution is -0.117. The van der Waals surface area contributed by atoms with Crippen molar-refractivity contribution in [2.24, 2.45) is 0 Å². The zero-order valence-corrected chi connectivity index (χ0v) is 10.3. The molecule has 0 spiro atoms. The van der Waals surface area contributed by atoms with E-state index in [0.29, 0.717) is 0 Å². The molecule has 18 heavy (non-hydrogen) atoms. The van der Waals surface area contributed by atoms with E-state index >= 15 is 0 Å². The molecule has 1 unspecified atom stereocenters. The number of hydrogen-bond donors (Lipinski definition) is 2. The minimum Gasteiger partial charge on any atom is -0.399 e. The minimum atomic E-state index is -0.0351. The topological polar surface area (TPSA) is 55.1 Å². The van der Waals surface area contributed by atoms with Gasteiger partial charge in [0.15, 0.2) is 0 Å². The molecule has 94 valence electrons. The van der Waals surface area contributed by atoms with E-state index in [-0.39, 0.29) is 11.9 Å². The molecule has 3 N–H and O–H groups in total. The van der Waals surface area contributed by atoms with Crippen LogP contribution >= 0.6 is 0 Å². The first-order chi connectivity index (χ1) is 8.74. The van der Waals surface area contributed by atoms with Crippen LogP contribution in [0.1, 0.15) is 24.8 Å². The Bertz CT molecular complexity index is 460. The van der Waals surface area contributed by atoms with Gasteiger partial charge in [-0.3, -0.25) is 4.79 Å². The number of amides is 1. The van der Waals surface area contributed by atoms with Gasteiger partial charge in [-0.15, -0.1) is 0 Å². The highest BCUT2D eigenvalue weighted by molar-refractivity contribution is 5.91. The van der Waals surface area contributed by atoms with Gasteiger partial charge in [-0.2, -0.15) is 0 Å². The summed E-state index contributed by atoms with van der Waals surface area (Å²) in [6.07, 6.45) is 10.7. The van der Waals surface area contributed by atoms with Gasteiger partial charge >= 0.3 is 0 Å². The highest BCUT2D eigenvalue weighted by atomic mass is 16.1. The van der Waals surface area contributed by atoms with Gasteiger partial charge in [0, 0.05) is 17.8 Å². The number of nitrogens with two attached hydrogens (primary N) is 1. The van der Waals surface area contributed by atoms with Gasteiger partial charge < -0.3 is 11.1 Å². The fourth-order valence-electron chi connectivity index (χ4n) is 1.95. The van der Waals surface area contributed by atoms with E-state index < -0.39 is 0 Å². The fourth-order valence-corrected chi connectivity index (χ4v) is 1.95. The molecule has 1 amide bonds. The Morgan fingerprint density at radius 1 is 1.28 bits per heavy atom. The molecule has 0 radical (unpaired) electrons. The first-order valence-electron chi connectivity index (χ1n) is 6.23. The monoisotopic (exact) mass is 242 g/mol. The zero-order valence-electron chi connectivity index (χ0n) is 10.3. The SMILES string of the molecule is Nc1ccc(/C=C/C(=O)NC2CC=CCC2)cc1. The second kappa shape index (κ2) is 6.05. The molecule has 0 aromatic heterocycles. The van der Waals surface area contributed by atoms with E-state index in [1.807, 2.05) is 24.3 Å². The van der Waals surface area contributed by atoms with Crippen molar-refractivity contribution in [3.63, 3.8) is 0 Å². The van der Waals surface area contributed by atoms with Gasteiger partial charge in [0.25, 0.3) is 0 Å². The van der Waals surface area contributed by atoms with Crippen LogP contribution in [0.5, 0.6) is 0 Å². The average molecular weight is 242 g/mol. The predicted molar refractivity (Wildman–Crippen MR) is 74.8 cm³/mol. The van der Waals surface area contributed by atoms with Crippen LogP contribution in [0.3, 0.4) is 0 Å². The summed E-state index contributed by atoms with van der Waals surface area (Å²) >= 11 is 0. The van der Waals surface area contributed by atoms with Crippen LogP contribution in [-0.2, 0) is 4.79 Å². The first kappa shape index (κ1) is 12.4. The van der Waals surface area contributed by atoms with Crippen LogP contribution in [0.2, 0.25) is 0 Å². The van der Waals surface area contributed by atoms with Gasteiger partial charge in [0.05, 0.1) is 0 Å². The Kier molecular flexibility index (Phi) is 4.18. The van der Waals surface area contributed by atoms with E-state index in [1.165, 1.54) is 0 Å². The Morgan fingerprint density at radius 3 is 2.72 bits per heavy atom. The summed E-state index contributed by atoms with van der Waals surface area (Å²) in [6.45, 7) is 0. The lowest BCUT2D eigenvalue weighted by Gasteiger charge is -2.18. The van der Waals surface area contributed by atoms with E-state index in [9.17, 15) is 4.79 Å². The summed E-state index contributed by atoms with van der Waals surface area (Å²) in [5.74, 6) is -0.0351. The maximum atomic E-state index is 11.7. The summed E-state index contributed by atoms with van der Waals surface area (Å²) in [5.41, 5.74) is 7.30. The zero-order chi connectivity index (χ0) is 12.8. The van der Waals surface area contributed by atoms with Crippen LogP contribution in [0.25, 0.3) is 6.08 Å². The lowest BCUT2D eigenvalue weighted by Crippen LogP contribution is -2.33. The largest absolute Gasteiger partial charge is 0.399 e. The fraction of sp³-hybridized carbons (Fsp3) is 0.267. The Balaban J connectivity index is 1.86. The number of benzene rings is 1. The molecule has 0 bridgehead atoms. The molecule has 1 atom stereocenters. The molecule has 1 aromatic rings. The molecule has 1 aliphatic carbocycles. The molecular formula is C15H18N2O. The smallest absolute Gasteiger partial charge is 0.244 e. The molecule has 1 aromatic carbocycles.